The van der Waals surface area contributed by atoms with Crippen molar-refractivity contribution in [1.29, 1.82) is 0 Å². The zero-order valence-electron chi connectivity index (χ0n) is 16.2. The monoisotopic (exact) mass is 401 g/mol. The van der Waals surface area contributed by atoms with E-state index in [0.29, 0.717) is 34.5 Å². The highest BCUT2D eigenvalue weighted by atomic mass is 16.6. The summed E-state index contributed by atoms with van der Waals surface area (Å²) in [6.07, 6.45) is 1.54. The van der Waals surface area contributed by atoms with E-state index in [0.717, 1.165) is 11.1 Å². The second-order valence-electron chi connectivity index (χ2n) is 6.92. The molecule has 0 atom stereocenters. The standard InChI is InChI=1S/C23H19N3O4/c1-15-7-9-21(22(11-15)30-14-16-5-3-2-4-6-16)25-23(27)19-13-24-20-10-8-17(26(28)29)12-18(19)20/h2-13,24H,14H2,1H3,(H,25,27). The van der Waals surface area contributed by atoms with Gasteiger partial charge < -0.3 is 15.0 Å². The number of hydrogen-bond donors (Lipinski definition) is 2. The largest absolute Gasteiger partial charge is 0.487 e. The van der Waals surface area contributed by atoms with Crippen molar-refractivity contribution in [2.24, 2.45) is 0 Å². The van der Waals surface area contributed by atoms with Crippen LogP contribution in [0.5, 0.6) is 5.75 Å². The average Bonchev–Trinajstić information content (AvgIpc) is 3.18. The SMILES string of the molecule is Cc1ccc(NC(=O)c2c[nH]c3ccc([N+](=O)[O-])cc23)c(OCc2ccccc2)c1. The number of benzene rings is 3. The molecule has 1 amide bonds. The van der Waals surface area contributed by atoms with Crippen LogP contribution in [0.2, 0.25) is 0 Å². The average molecular weight is 401 g/mol. The Kier molecular flexibility index (Phi) is 5.17. The van der Waals surface area contributed by atoms with Crippen LogP contribution in [0.3, 0.4) is 0 Å². The molecule has 0 unspecified atom stereocenters. The number of carbonyl (C=O) groups excluding carboxylic acids is 1. The van der Waals surface area contributed by atoms with Crippen LogP contribution in [0.15, 0.2) is 72.9 Å². The lowest BCUT2D eigenvalue weighted by atomic mass is 10.1. The van der Waals surface area contributed by atoms with E-state index < -0.39 is 4.92 Å². The lowest BCUT2D eigenvalue weighted by Crippen LogP contribution is -2.12. The number of aromatic nitrogens is 1. The summed E-state index contributed by atoms with van der Waals surface area (Å²) in [6.45, 7) is 2.31. The fraction of sp³-hybridized carbons (Fsp3) is 0.0870. The van der Waals surface area contributed by atoms with Crippen molar-refractivity contribution in [3.63, 3.8) is 0 Å². The Morgan fingerprint density at radius 2 is 1.90 bits per heavy atom. The first-order chi connectivity index (χ1) is 14.5. The molecule has 1 heterocycles. The van der Waals surface area contributed by atoms with Gasteiger partial charge in [-0.1, -0.05) is 36.4 Å². The zero-order chi connectivity index (χ0) is 21.1. The number of non-ortho nitro benzene ring substituents is 1. The molecule has 7 heteroatoms. The predicted octanol–water partition coefficient (Wildman–Crippen LogP) is 5.22. The Hall–Kier alpha value is -4.13. The second kappa shape index (κ2) is 8.08. The topological polar surface area (TPSA) is 97.3 Å². The molecule has 1 aromatic heterocycles. The van der Waals surface area contributed by atoms with Crippen molar-refractivity contribution in [2.75, 3.05) is 5.32 Å². The van der Waals surface area contributed by atoms with Gasteiger partial charge in [0.05, 0.1) is 16.2 Å². The first-order valence-corrected chi connectivity index (χ1v) is 9.35. The molecule has 0 spiro atoms. The van der Waals surface area contributed by atoms with Gasteiger partial charge in [-0.15, -0.1) is 0 Å². The Morgan fingerprint density at radius 1 is 1.10 bits per heavy atom. The number of ether oxygens (including phenoxy) is 1. The molecule has 0 saturated carbocycles. The van der Waals surface area contributed by atoms with Crippen LogP contribution in [-0.4, -0.2) is 15.8 Å². The summed E-state index contributed by atoms with van der Waals surface area (Å²) in [5.74, 6) is 0.174. The van der Waals surface area contributed by atoms with E-state index in [1.165, 1.54) is 12.1 Å². The molecule has 0 saturated heterocycles. The Morgan fingerprint density at radius 3 is 2.67 bits per heavy atom. The Labute approximate surface area is 172 Å². The Balaban J connectivity index is 1.59. The van der Waals surface area contributed by atoms with Crippen molar-refractivity contribution >= 4 is 28.2 Å². The molecular weight excluding hydrogens is 382 g/mol. The van der Waals surface area contributed by atoms with Gasteiger partial charge in [0.2, 0.25) is 0 Å². The summed E-state index contributed by atoms with van der Waals surface area (Å²) < 4.78 is 5.95. The van der Waals surface area contributed by atoms with Crippen LogP contribution < -0.4 is 10.1 Å². The molecule has 3 aromatic carbocycles. The van der Waals surface area contributed by atoms with Gasteiger partial charge in [0.15, 0.2) is 0 Å². The third kappa shape index (κ3) is 4.00. The molecule has 4 rings (SSSR count). The van der Waals surface area contributed by atoms with Gasteiger partial charge in [0.1, 0.15) is 12.4 Å². The van der Waals surface area contributed by atoms with E-state index in [9.17, 15) is 14.9 Å². The molecule has 0 radical (unpaired) electrons. The summed E-state index contributed by atoms with van der Waals surface area (Å²) in [5.41, 5.74) is 3.44. The summed E-state index contributed by atoms with van der Waals surface area (Å²) >= 11 is 0. The lowest BCUT2D eigenvalue weighted by molar-refractivity contribution is -0.384. The molecule has 4 aromatic rings. The maximum Gasteiger partial charge on any atom is 0.270 e. The molecule has 0 aliphatic carbocycles. The van der Waals surface area contributed by atoms with Crippen LogP contribution in [-0.2, 0) is 6.61 Å². The van der Waals surface area contributed by atoms with Crippen molar-refractivity contribution in [3.8, 4) is 5.75 Å². The number of rotatable bonds is 6. The number of fused-ring (bicyclic) bond motifs is 1. The molecule has 7 nitrogen and oxygen atoms in total. The van der Waals surface area contributed by atoms with Crippen molar-refractivity contribution in [3.05, 3.63) is 99.7 Å². The third-order valence-corrected chi connectivity index (χ3v) is 4.74. The predicted molar refractivity (Wildman–Crippen MR) is 115 cm³/mol. The van der Waals surface area contributed by atoms with Crippen molar-refractivity contribution < 1.29 is 14.5 Å². The van der Waals surface area contributed by atoms with Crippen molar-refractivity contribution in [2.45, 2.75) is 13.5 Å². The number of amides is 1. The molecular formula is C23H19N3O4. The summed E-state index contributed by atoms with van der Waals surface area (Å²) in [5, 5.41) is 14.4. The van der Waals surface area contributed by atoms with Crippen LogP contribution in [0.4, 0.5) is 11.4 Å². The normalized spacial score (nSPS) is 10.7. The maximum absolute atomic E-state index is 12.9. The van der Waals surface area contributed by atoms with Gasteiger partial charge in [0.25, 0.3) is 11.6 Å². The molecule has 0 aliphatic rings. The number of H-pyrrole nitrogens is 1. The van der Waals surface area contributed by atoms with Gasteiger partial charge in [-0.05, 0) is 36.2 Å². The summed E-state index contributed by atoms with van der Waals surface area (Å²) in [4.78, 5) is 26.5. The van der Waals surface area contributed by atoms with E-state index in [2.05, 4.69) is 10.3 Å². The molecule has 0 fully saturated rings. The third-order valence-electron chi connectivity index (χ3n) is 4.74. The fourth-order valence-corrected chi connectivity index (χ4v) is 3.19. The highest BCUT2D eigenvalue weighted by Crippen LogP contribution is 2.29. The number of carbonyl (C=O) groups is 1. The first-order valence-electron chi connectivity index (χ1n) is 9.35. The van der Waals surface area contributed by atoms with Gasteiger partial charge in [-0.3, -0.25) is 14.9 Å². The van der Waals surface area contributed by atoms with E-state index in [1.807, 2.05) is 49.4 Å². The van der Waals surface area contributed by atoms with Crippen LogP contribution >= 0.6 is 0 Å². The highest BCUT2D eigenvalue weighted by Gasteiger charge is 2.17. The van der Waals surface area contributed by atoms with Gasteiger partial charge in [-0.25, -0.2) is 0 Å². The first kappa shape index (κ1) is 19.2. The minimum Gasteiger partial charge on any atom is -0.487 e. The van der Waals surface area contributed by atoms with E-state index >= 15 is 0 Å². The number of nitro groups is 1. The zero-order valence-corrected chi connectivity index (χ0v) is 16.2. The van der Waals surface area contributed by atoms with Crippen LogP contribution in [0.1, 0.15) is 21.5 Å². The number of aryl methyl sites for hydroxylation is 1. The van der Waals surface area contributed by atoms with Gasteiger partial charge in [-0.2, -0.15) is 0 Å². The molecule has 0 bridgehead atoms. The molecule has 2 N–H and O–H groups in total. The maximum atomic E-state index is 12.9. The van der Waals surface area contributed by atoms with Gasteiger partial charge in [0, 0.05) is 29.2 Å². The quantitative estimate of drug-likeness (QED) is 0.342. The van der Waals surface area contributed by atoms with Crippen LogP contribution in [0, 0.1) is 17.0 Å². The number of nitrogens with one attached hydrogen (secondary N) is 2. The second-order valence-corrected chi connectivity index (χ2v) is 6.92. The molecule has 150 valence electrons. The minimum absolute atomic E-state index is 0.0710. The van der Waals surface area contributed by atoms with E-state index in [1.54, 1.807) is 18.3 Å². The molecule has 0 aliphatic heterocycles. The number of hydrogen-bond acceptors (Lipinski definition) is 4. The minimum atomic E-state index is -0.483. The van der Waals surface area contributed by atoms with E-state index in [-0.39, 0.29) is 11.6 Å². The smallest absolute Gasteiger partial charge is 0.270 e. The number of aromatic amines is 1. The fourth-order valence-electron chi connectivity index (χ4n) is 3.19. The van der Waals surface area contributed by atoms with Crippen LogP contribution in [0.25, 0.3) is 10.9 Å². The Bertz CT molecular complexity index is 1230. The lowest BCUT2D eigenvalue weighted by Gasteiger charge is -2.13. The number of anilines is 1. The number of nitrogens with zero attached hydrogens (tertiary/aromatic N) is 1. The number of nitro benzene ring substituents is 1. The highest BCUT2D eigenvalue weighted by molar-refractivity contribution is 6.13. The molecule has 30 heavy (non-hydrogen) atoms. The van der Waals surface area contributed by atoms with Crippen molar-refractivity contribution in [1.82, 2.24) is 4.98 Å². The van der Waals surface area contributed by atoms with E-state index in [4.69, 9.17) is 4.74 Å². The van der Waals surface area contributed by atoms with Gasteiger partial charge >= 0.3 is 0 Å². The summed E-state index contributed by atoms with van der Waals surface area (Å²) in [6, 6.07) is 19.6. The summed E-state index contributed by atoms with van der Waals surface area (Å²) in [7, 11) is 0.